The monoisotopic (exact) mass is 343 g/mol. The molecule has 1 aliphatic heterocycles. The highest BCUT2D eigenvalue weighted by atomic mass is 32.2. The summed E-state index contributed by atoms with van der Waals surface area (Å²) < 4.78 is 2.04. The molecule has 5 nitrogen and oxygen atoms in total. The molecule has 0 spiro atoms. The van der Waals surface area contributed by atoms with Crippen molar-refractivity contribution in [1.82, 2.24) is 15.2 Å². The van der Waals surface area contributed by atoms with Crippen LogP contribution < -0.4 is 10.6 Å². The number of thioether (sulfide) groups is 1. The quantitative estimate of drug-likeness (QED) is 0.619. The van der Waals surface area contributed by atoms with E-state index in [9.17, 15) is 9.59 Å². The molecule has 0 unspecified atom stereocenters. The number of para-hydroxylation sites is 1. The maximum atomic E-state index is 12.4. The smallest absolute Gasteiger partial charge is 0.244 e. The number of aromatic nitrogens is 1. The normalized spacial score (nSPS) is 20.7. The molecule has 0 saturated carbocycles. The highest BCUT2D eigenvalue weighted by Crippen LogP contribution is 2.22. The third-order valence-corrected chi connectivity index (χ3v) is 5.23. The van der Waals surface area contributed by atoms with Crippen LogP contribution in [0.1, 0.15) is 5.56 Å². The third-order valence-electron chi connectivity index (χ3n) is 4.19. The molecule has 126 valence electrons. The van der Waals surface area contributed by atoms with Crippen molar-refractivity contribution in [2.75, 3.05) is 11.5 Å². The molecule has 1 aliphatic rings. The first-order chi connectivity index (χ1) is 11.6. The van der Waals surface area contributed by atoms with Gasteiger partial charge in [-0.25, -0.2) is 0 Å². The van der Waals surface area contributed by atoms with Crippen LogP contribution in [-0.2, 0) is 23.1 Å². The molecule has 1 aromatic carbocycles. The first-order valence-electron chi connectivity index (χ1n) is 7.92. The van der Waals surface area contributed by atoms with Gasteiger partial charge in [-0.05, 0) is 11.6 Å². The first kappa shape index (κ1) is 16.6. The number of piperazine rings is 1. The number of carbonyl (C=O) groups is 2. The number of benzene rings is 1. The average molecular weight is 343 g/mol. The number of nitrogens with zero attached hydrogens (tertiary/aromatic N) is 1. The number of hydrogen-bond acceptors (Lipinski definition) is 3. The number of rotatable bonds is 6. The van der Waals surface area contributed by atoms with E-state index in [-0.39, 0.29) is 11.8 Å². The van der Waals surface area contributed by atoms with Crippen LogP contribution in [0.25, 0.3) is 10.9 Å². The molecule has 1 fully saturated rings. The van der Waals surface area contributed by atoms with Crippen molar-refractivity contribution in [2.45, 2.75) is 18.5 Å². The van der Waals surface area contributed by atoms with E-state index >= 15 is 0 Å². The van der Waals surface area contributed by atoms with Gasteiger partial charge < -0.3 is 15.2 Å². The molecule has 0 aliphatic carbocycles. The van der Waals surface area contributed by atoms with Gasteiger partial charge in [0.05, 0.1) is 0 Å². The Hall–Kier alpha value is -2.21. The van der Waals surface area contributed by atoms with Crippen LogP contribution in [0.15, 0.2) is 43.1 Å². The summed E-state index contributed by atoms with van der Waals surface area (Å²) in [6.07, 6.45) is 4.30. The van der Waals surface area contributed by atoms with Crippen LogP contribution in [0.4, 0.5) is 0 Å². The predicted molar refractivity (Wildman–Crippen MR) is 98.0 cm³/mol. The molecule has 2 N–H and O–H groups in total. The minimum absolute atomic E-state index is 0.114. The van der Waals surface area contributed by atoms with Gasteiger partial charge in [-0.2, -0.15) is 11.8 Å². The lowest BCUT2D eigenvalue weighted by molar-refractivity contribution is -0.136. The van der Waals surface area contributed by atoms with Crippen molar-refractivity contribution < 1.29 is 9.59 Å². The molecule has 3 rings (SSSR count). The molecule has 2 aromatic rings. The second kappa shape index (κ2) is 7.13. The Labute approximate surface area is 145 Å². The summed E-state index contributed by atoms with van der Waals surface area (Å²) in [4.78, 5) is 24.6. The third kappa shape index (κ3) is 3.33. The summed E-state index contributed by atoms with van der Waals surface area (Å²) in [7, 11) is 1.98. The van der Waals surface area contributed by atoms with Crippen molar-refractivity contribution in [3.63, 3.8) is 0 Å². The molecule has 2 atom stereocenters. The van der Waals surface area contributed by atoms with Crippen LogP contribution in [0, 0.1) is 0 Å². The highest BCUT2D eigenvalue weighted by molar-refractivity contribution is 7.99. The summed E-state index contributed by atoms with van der Waals surface area (Å²) in [6, 6.07) is 7.08. The van der Waals surface area contributed by atoms with E-state index in [2.05, 4.69) is 17.2 Å². The molecule has 2 heterocycles. The van der Waals surface area contributed by atoms with Crippen molar-refractivity contribution >= 4 is 34.5 Å². The molecule has 6 heteroatoms. The van der Waals surface area contributed by atoms with Crippen LogP contribution >= 0.6 is 11.8 Å². The van der Waals surface area contributed by atoms with Gasteiger partial charge in [0, 0.05) is 42.1 Å². The molecule has 1 aromatic heterocycles. The topological polar surface area (TPSA) is 63.1 Å². The lowest BCUT2D eigenvalue weighted by Gasteiger charge is -2.29. The predicted octanol–water partition coefficient (Wildman–Crippen LogP) is 1.62. The number of nitrogens with one attached hydrogen (secondary N) is 2. The number of amides is 2. The Bertz CT molecular complexity index is 784. The Morgan fingerprint density at radius 1 is 1.21 bits per heavy atom. The zero-order valence-corrected chi connectivity index (χ0v) is 14.4. The minimum atomic E-state index is -0.524. The van der Waals surface area contributed by atoms with Crippen LogP contribution in [-0.4, -0.2) is 40.0 Å². The van der Waals surface area contributed by atoms with Gasteiger partial charge in [0.15, 0.2) is 0 Å². The second-order valence-corrected chi connectivity index (χ2v) is 7.01. The lowest BCUT2D eigenvalue weighted by Crippen LogP contribution is -2.63. The zero-order valence-electron chi connectivity index (χ0n) is 13.6. The number of fused-ring (bicyclic) bond motifs is 1. The van der Waals surface area contributed by atoms with Crippen molar-refractivity contribution in [3.05, 3.63) is 48.7 Å². The second-order valence-electron chi connectivity index (χ2n) is 5.93. The lowest BCUT2D eigenvalue weighted by atomic mass is 10.0. The standard InChI is InChI=1S/C18H21N3O2S/c1-3-8-24-11-15-18(23)19-14(17(22)20-15)9-12-10-21(2)16-7-5-4-6-13(12)16/h3-7,10,14-15H,1,8-9,11H2,2H3,(H,19,23)(H,20,22)/t14-,15-/m1/s1. The van der Waals surface area contributed by atoms with Gasteiger partial charge in [-0.1, -0.05) is 24.3 Å². The fourth-order valence-corrected chi connectivity index (χ4v) is 3.79. The van der Waals surface area contributed by atoms with Crippen LogP contribution in [0.2, 0.25) is 0 Å². The molecule has 1 saturated heterocycles. The molecule has 2 amide bonds. The van der Waals surface area contributed by atoms with E-state index in [4.69, 9.17) is 0 Å². The maximum absolute atomic E-state index is 12.4. The number of aryl methyl sites for hydroxylation is 1. The maximum Gasteiger partial charge on any atom is 0.244 e. The molecular formula is C18H21N3O2S. The van der Waals surface area contributed by atoms with E-state index in [0.717, 1.165) is 22.2 Å². The summed E-state index contributed by atoms with van der Waals surface area (Å²) >= 11 is 1.58. The van der Waals surface area contributed by atoms with E-state index in [1.807, 2.05) is 42.1 Å². The van der Waals surface area contributed by atoms with Crippen LogP contribution in [0.3, 0.4) is 0 Å². The number of hydrogen-bond donors (Lipinski definition) is 2. The minimum Gasteiger partial charge on any atom is -0.350 e. The Morgan fingerprint density at radius 2 is 1.92 bits per heavy atom. The number of carbonyl (C=O) groups excluding carboxylic acids is 2. The van der Waals surface area contributed by atoms with E-state index in [1.54, 1.807) is 17.8 Å². The van der Waals surface area contributed by atoms with Gasteiger partial charge in [0.1, 0.15) is 12.1 Å². The SMILES string of the molecule is C=CCSC[C@H]1NC(=O)[C@@H](Cc2cn(C)c3ccccc23)NC1=O. The van der Waals surface area contributed by atoms with E-state index in [1.165, 1.54) is 0 Å². The summed E-state index contributed by atoms with van der Waals surface area (Å²) in [5, 5.41) is 6.82. The Balaban J connectivity index is 1.71. The van der Waals surface area contributed by atoms with Crippen molar-refractivity contribution in [2.24, 2.45) is 7.05 Å². The van der Waals surface area contributed by atoms with Gasteiger partial charge >= 0.3 is 0 Å². The zero-order chi connectivity index (χ0) is 17.1. The summed E-state index contributed by atoms with van der Waals surface area (Å²) in [5.41, 5.74) is 2.18. The van der Waals surface area contributed by atoms with Crippen molar-refractivity contribution in [3.8, 4) is 0 Å². The van der Waals surface area contributed by atoms with Gasteiger partial charge in [0.2, 0.25) is 11.8 Å². The highest BCUT2D eigenvalue weighted by Gasteiger charge is 2.33. The summed E-state index contributed by atoms with van der Waals surface area (Å²) in [6.45, 7) is 3.65. The van der Waals surface area contributed by atoms with Gasteiger partial charge in [-0.3, -0.25) is 9.59 Å². The Morgan fingerprint density at radius 3 is 2.71 bits per heavy atom. The molecule has 0 radical (unpaired) electrons. The largest absolute Gasteiger partial charge is 0.350 e. The van der Waals surface area contributed by atoms with Gasteiger partial charge in [0.25, 0.3) is 0 Å². The van der Waals surface area contributed by atoms with Crippen LogP contribution in [0.5, 0.6) is 0 Å². The molecular weight excluding hydrogens is 322 g/mol. The van der Waals surface area contributed by atoms with E-state index < -0.39 is 12.1 Å². The molecule has 0 bridgehead atoms. The first-order valence-corrected chi connectivity index (χ1v) is 9.08. The van der Waals surface area contributed by atoms with E-state index in [0.29, 0.717) is 12.2 Å². The fourth-order valence-electron chi connectivity index (χ4n) is 3.01. The van der Waals surface area contributed by atoms with Gasteiger partial charge in [-0.15, -0.1) is 6.58 Å². The average Bonchev–Trinajstić information content (AvgIpc) is 2.89. The van der Waals surface area contributed by atoms with Crippen molar-refractivity contribution in [1.29, 1.82) is 0 Å². The fraction of sp³-hybridized carbons (Fsp3) is 0.333. The molecule has 24 heavy (non-hydrogen) atoms. The Kier molecular flexibility index (Phi) is 4.94. The summed E-state index contributed by atoms with van der Waals surface area (Å²) in [5.74, 6) is 1.09.